The lowest BCUT2D eigenvalue weighted by molar-refractivity contribution is -0.138. The molecule has 0 aliphatic heterocycles. The van der Waals surface area contributed by atoms with Gasteiger partial charge in [-0.3, -0.25) is 0 Å². The highest BCUT2D eigenvalue weighted by atomic mass is 19.4. The molecule has 0 amide bonds. The van der Waals surface area contributed by atoms with Crippen LogP contribution < -0.4 is 10.2 Å². The van der Waals surface area contributed by atoms with E-state index in [1.54, 1.807) is 12.1 Å². The van der Waals surface area contributed by atoms with E-state index in [0.717, 1.165) is 25.7 Å². The van der Waals surface area contributed by atoms with Crippen LogP contribution in [0.4, 0.5) is 18.9 Å². The molecule has 0 bridgehead atoms. The fourth-order valence-electron chi connectivity index (χ4n) is 3.49. The molecule has 0 atom stereocenters. The maximum atomic E-state index is 13.3. The molecule has 6 heteroatoms. The van der Waals surface area contributed by atoms with Gasteiger partial charge in [-0.05, 0) is 57.4 Å². The van der Waals surface area contributed by atoms with E-state index in [0.29, 0.717) is 11.7 Å². The molecule has 1 aromatic carbocycles. The molecule has 23 heavy (non-hydrogen) atoms. The average molecular weight is 325 g/mol. The quantitative estimate of drug-likeness (QED) is 0.917. The van der Waals surface area contributed by atoms with Crippen molar-refractivity contribution in [3.05, 3.63) is 28.8 Å². The third-order valence-corrected chi connectivity index (χ3v) is 4.87. The highest BCUT2D eigenvalue weighted by molar-refractivity contribution is 5.61. The Hall–Kier alpha value is -1.74. The second kappa shape index (κ2) is 6.79. The number of anilines is 1. The van der Waals surface area contributed by atoms with Crippen LogP contribution in [-0.2, 0) is 6.18 Å². The summed E-state index contributed by atoms with van der Waals surface area (Å²) in [6, 6.07) is 5.29. The minimum Gasteiger partial charge on any atom is -0.371 e. The Labute approximate surface area is 135 Å². The lowest BCUT2D eigenvalue weighted by atomic mass is 9.89. The van der Waals surface area contributed by atoms with Gasteiger partial charge in [0.25, 0.3) is 0 Å². The second-order valence-electron chi connectivity index (χ2n) is 6.15. The smallest absolute Gasteiger partial charge is 0.371 e. The first-order valence-electron chi connectivity index (χ1n) is 7.80. The third-order valence-electron chi connectivity index (χ3n) is 4.87. The summed E-state index contributed by atoms with van der Waals surface area (Å²) >= 11 is 0. The van der Waals surface area contributed by atoms with Crippen LogP contribution in [0.25, 0.3) is 0 Å². The van der Waals surface area contributed by atoms with Crippen LogP contribution in [-0.4, -0.2) is 26.2 Å². The third kappa shape index (κ3) is 3.61. The molecular formula is C17H22F3N3. The zero-order chi connectivity index (χ0) is 17.2. The van der Waals surface area contributed by atoms with E-state index in [2.05, 4.69) is 5.32 Å². The number of hydrogen-bond donors (Lipinski definition) is 1. The summed E-state index contributed by atoms with van der Waals surface area (Å²) in [6.45, 7) is 1.45. The molecule has 1 fully saturated rings. The molecule has 0 spiro atoms. The average Bonchev–Trinajstić information content (AvgIpc) is 2.52. The van der Waals surface area contributed by atoms with Gasteiger partial charge < -0.3 is 10.2 Å². The standard InChI is InChI=1S/C17H22F3N3/c1-11-15(9-4-12(10-21)16(11)17(18,19)20)23(3)14-7-5-13(22-2)6-8-14/h4,9,13-14,22H,5-8H2,1-3H3. The predicted molar refractivity (Wildman–Crippen MR) is 84.4 cm³/mol. The van der Waals surface area contributed by atoms with Crippen molar-refractivity contribution in [3.63, 3.8) is 0 Å². The monoisotopic (exact) mass is 325 g/mol. The Kier molecular flexibility index (Phi) is 5.20. The minimum absolute atomic E-state index is 0.134. The van der Waals surface area contributed by atoms with Gasteiger partial charge in [0.15, 0.2) is 0 Å². The predicted octanol–water partition coefficient (Wildman–Crippen LogP) is 3.85. The van der Waals surface area contributed by atoms with Gasteiger partial charge in [-0.1, -0.05) is 0 Å². The molecule has 0 saturated heterocycles. The number of nitrogens with zero attached hydrogens (tertiary/aromatic N) is 2. The Balaban J connectivity index is 2.32. The van der Waals surface area contributed by atoms with E-state index < -0.39 is 11.7 Å². The zero-order valence-corrected chi connectivity index (χ0v) is 13.7. The summed E-state index contributed by atoms with van der Waals surface area (Å²) in [5, 5.41) is 12.2. The van der Waals surface area contributed by atoms with E-state index in [1.165, 1.54) is 13.0 Å². The van der Waals surface area contributed by atoms with Crippen molar-refractivity contribution in [3.8, 4) is 6.07 Å². The molecule has 1 aliphatic carbocycles. The molecule has 3 nitrogen and oxygen atoms in total. The Morgan fingerprint density at radius 3 is 2.30 bits per heavy atom. The molecule has 2 rings (SSSR count). The van der Waals surface area contributed by atoms with Crippen LogP contribution in [0.15, 0.2) is 12.1 Å². The van der Waals surface area contributed by atoms with Crippen LogP contribution in [0.2, 0.25) is 0 Å². The number of rotatable bonds is 3. The van der Waals surface area contributed by atoms with Crippen LogP contribution in [0.1, 0.15) is 42.4 Å². The van der Waals surface area contributed by atoms with Crippen LogP contribution in [0.5, 0.6) is 0 Å². The lowest BCUT2D eigenvalue weighted by Crippen LogP contribution is -2.40. The Morgan fingerprint density at radius 2 is 1.83 bits per heavy atom. The maximum Gasteiger partial charge on any atom is 0.418 e. The van der Waals surface area contributed by atoms with Gasteiger partial charge in [0.2, 0.25) is 0 Å². The maximum absolute atomic E-state index is 13.3. The molecule has 0 heterocycles. The van der Waals surface area contributed by atoms with E-state index in [9.17, 15) is 13.2 Å². The second-order valence-corrected chi connectivity index (χ2v) is 6.15. The van der Waals surface area contributed by atoms with Crippen LogP contribution in [0, 0.1) is 18.3 Å². The van der Waals surface area contributed by atoms with Gasteiger partial charge in [0.1, 0.15) is 0 Å². The fourth-order valence-corrected chi connectivity index (χ4v) is 3.49. The highest BCUT2D eigenvalue weighted by Crippen LogP contribution is 2.39. The van der Waals surface area contributed by atoms with Crippen molar-refractivity contribution in [1.82, 2.24) is 5.32 Å². The number of nitrogens with one attached hydrogen (secondary N) is 1. The van der Waals surface area contributed by atoms with Gasteiger partial charge in [-0.2, -0.15) is 18.4 Å². The number of hydrogen-bond acceptors (Lipinski definition) is 3. The topological polar surface area (TPSA) is 39.1 Å². The van der Waals surface area contributed by atoms with Crippen LogP contribution in [0.3, 0.4) is 0 Å². The highest BCUT2D eigenvalue weighted by Gasteiger charge is 2.37. The molecule has 0 unspecified atom stereocenters. The summed E-state index contributed by atoms with van der Waals surface area (Å²) in [7, 11) is 3.79. The first kappa shape index (κ1) is 17.6. The first-order chi connectivity index (χ1) is 10.8. The van der Waals surface area contributed by atoms with E-state index in [4.69, 9.17) is 5.26 Å². The molecule has 1 aromatic rings. The zero-order valence-electron chi connectivity index (χ0n) is 13.7. The van der Waals surface area contributed by atoms with Crippen molar-refractivity contribution in [2.24, 2.45) is 0 Å². The number of alkyl halides is 3. The van der Waals surface area contributed by atoms with Crippen molar-refractivity contribution in [2.45, 2.75) is 50.9 Å². The molecular weight excluding hydrogens is 303 g/mol. The first-order valence-corrected chi connectivity index (χ1v) is 7.80. The van der Waals surface area contributed by atoms with E-state index in [1.807, 2.05) is 19.0 Å². The molecule has 1 saturated carbocycles. The van der Waals surface area contributed by atoms with Gasteiger partial charge in [-0.15, -0.1) is 0 Å². The van der Waals surface area contributed by atoms with Crippen LogP contribution >= 0.6 is 0 Å². The summed E-state index contributed by atoms with van der Waals surface area (Å²) in [5.41, 5.74) is -0.432. The normalized spacial score (nSPS) is 21.8. The Bertz CT molecular complexity index is 596. The SMILES string of the molecule is CNC1CCC(N(C)c2ccc(C#N)c(C(F)(F)F)c2C)CC1. The van der Waals surface area contributed by atoms with Crippen molar-refractivity contribution in [2.75, 3.05) is 19.0 Å². The van der Waals surface area contributed by atoms with E-state index in [-0.39, 0.29) is 17.2 Å². The van der Waals surface area contributed by atoms with Gasteiger partial charge in [-0.25, -0.2) is 0 Å². The molecule has 1 aliphatic rings. The summed E-state index contributed by atoms with van der Waals surface area (Å²) in [5.74, 6) is 0. The van der Waals surface area contributed by atoms with Crippen molar-refractivity contribution < 1.29 is 13.2 Å². The van der Waals surface area contributed by atoms with Crippen molar-refractivity contribution in [1.29, 1.82) is 5.26 Å². The number of nitriles is 1. The molecule has 0 aromatic heterocycles. The molecule has 1 N–H and O–H groups in total. The van der Waals surface area contributed by atoms with E-state index >= 15 is 0 Å². The van der Waals surface area contributed by atoms with Gasteiger partial charge in [0, 0.05) is 24.8 Å². The lowest BCUT2D eigenvalue weighted by Gasteiger charge is -2.37. The Morgan fingerprint density at radius 1 is 1.22 bits per heavy atom. The molecule has 126 valence electrons. The largest absolute Gasteiger partial charge is 0.418 e. The summed E-state index contributed by atoms with van der Waals surface area (Å²) in [4.78, 5) is 1.94. The fraction of sp³-hybridized carbons (Fsp3) is 0.588. The van der Waals surface area contributed by atoms with Gasteiger partial charge in [0.05, 0.1) is 17.2 Å². The summed E-state index contributed by atoms with van der Waals surface area (Å²) < 4.78 is 39.9. The van der Waals surface area contributed by atoms with Gasteiger partial charge >= 0.3 is 6.18 Å². The minimum atomic E-state index is -4.52. The number of benzene rings is 1. The van der Waals surface area contributed by atoms with Crippen molar-refractivity contribution >= 4 is 5.69 Å². The summed E-state index contributed by atoms with van der Waals surface area (Å²) in [6.07, 6.45) is -0.582. The number of halogens is 3. The molecule has 0 radical (unpaired) electrons.